The predicted molar refractivity (Wildman–Crippen MR) is 31.9 cm³/mol. The van der Waals surface area contributed by atoms with Crippen molar-refractivity contribution in [1.82, 2.24) is 5.32 Å². The zero-order chi connectivity index (χ0) is 6.69. The number of halogens is 1. The molecule has 0 radical (unpaired) electrons. The Morgan fingerprint density at radius 3 is 3.00 bits per heavy atom. The Labute approximate surface area is 53.4 Å². The number of aldehydes is 1. The summed E-state index contributed by atoms with van der Waals surface area (Å²) in [5.74, 6) is -0.0671. The molecule has 0 amide bonds. The van der Waals surface area contributed by atoms with Gasteiger partial charge in [-0.05, 0) is 13.0 Å². The van der Waals surface area contributed by atoms with Crippen LogP contribution in [0.2, 0.25) is 0 Å². The van der Waals surface area contributed by atoms with E-state index >= 15 is 0 Å². The fourth-order valence-corrected chi connectivity index (χ4v) is 1.06. The van der Waals surface area contributed by atoms with Crippen molar-refractivity contribution in [2.24, 2.45) is 5.92 Å². The first-order chi connectivity index (χ1) is 4.34. The van der Waals surface area contributed by atoms with Crippen LogP contribution in [0.1, 0.15) is 6.42 Å². The average Bonchev–Trinajstić information content (AvgIpc) is 2.37. The van der Waals surface area contributed by atoms with Crippen molar-refractivity contribution >= 4 is 6.29 Å². The molecule has 0 bridgehead atoms. The number of carbonyl (C=O) groups excluding carboxylic acids is 1. The van der Waals surface area contributed by atoms with Gasteiger partial charge in [0.25, 0.3) is 0 Å². The second kappa shape index (κ2) is 2.92. The highest BCUT2D eigenvalue weighted by atomic mass is 19.1. The standard InChI is InChI=1S/C6H10FNO/c7-6(4-9)5-1-2-8-3-5/h4-6,8H,1-3H2. The van der Waals surface area contributed by atoms with E-state index in [1.54, 1.807) is 0 Å². The van der Waals surface area contributed by atoms with Crippen molar-refractivity contribution in [3.8, 4) is 0 Å². The number of nitrogens with one attached hydrogen (secondary N) is 1. The van der Waals surface area contributed by atoms with Crippen LogP contribution in [0.5, 0.6) is 0 Å². The maximum absolute atomic E-state index is 12.4. The van der Waals surface area contributed by atoms with Gasteiger partial charge in [0.2, 0.25) is 0 Å². The summed E-state index contributed by atoms with van der Waals surface area (Å²) in [5.41, 5.74) is 0. The van der Waals surface area contributed by atoms with Crippen molar-refractivity contribution in [1.29, 1.82) is 0 Å². The minimum absolute atomic E-state index is 0.0671. The van der Waals surface area contributed by atoms with Gasteiger partial charge >= 0.3 is 0 Å². The molecule has 1 N–H and O–H groups in total. The van der Waals surface area contributed by atoms with Gasteiger partial charge in [-0.25, -0.2) is 4.39 Å². The van der Waals surface area contributed by atoms with Crippen LogP contribution in [0.25, 0.3) is 0 Å². The van der Waals surface area contributed by atoms with E-state index in [4.69, 9.17) is 0 Å². The van der Waals surface area contributed by atoms with Gasteiger partial charge in [-0.1, -0.05) is 0 Å². The molecule has 2 atom stereocenters. The third-order valence-corrected chi connectivity index (χ3v) is 1.68. The smallest absolute Gasteiger partial charge is 0.159 e. The highest BCUT2D eigenvalue weighted by molar-refractivity contribution is 5.56. The van der Waals surface area contributed by atoms with Crippen molar-refractivity contribution < 1.29 is 9.18 Å². The third kappa shape index (κ3) is 1.48. The number of rotatable bonds is 2. The number of carbonyl (C=O) groups is 1. The number of alkyl halides is 1. The Bertz CT molecular complexity index is 101. The molecule has 9 heavy (non-hydrogen) atoms. The Morgan fingerprint density at radius 1 is 1.78 bits per heavy atom. The summed E-state index contributed by atoms with van der Waals surface area (Å²) in [6.07, 6.45) is -0.0719. The zero-order valence-corrected chi connectivity index (χ0v) is 5.14. The van der Waals surface area contributed by atoms with E-state index in [0.717, 1.165) is 13.0 Å². The lowest BCUT2D eigenvalue weighted by molar-refractivity contribution is -0.113. The largest absolute Gasteiger partial charge is 0.316 e. The molecular formula is C6H10FNO. The summed E-state index contributed by atoms with van der Waals surface area (Å²) in [6, 6.07) is 0. The maximum Gasteiger partial charge on any atom is 0.159 e. The molecule has 0 spiro atoms. The molecule has 1 rings (SSSR count). The minimum atomic E-state index is -1.25. The second-order valence-corrected chi connectivity index (χ2v) is 2.33. The highest BCUT2D eigenvalue weighted by Gasteiger charge is 2.23. The molecule has 2 nitrogen and oxygen atoms in total. The van der Waals surface area contributed by atoms with E-state index in [0.29, 0.717) is 12.8 Å². The van der Waals surface area contributed by atoms with Crippen LogP contribution in [0.3, 0.4) is 0 Å². The van der Waals surface area contributed by atoms with E-state index in [-0.39, 0.29) is 5.92 Å². The van der Waals surface area contributed by atoms with Crippen molar-refractivity contribution in [3.05, 3.63) is 0 Å². The lowest BCUT2D eigenvalue weighted by Crippen LogP contribution is -2.19. The fraction of sp³-hybridized carbons (Fsp3) is 0.833. The van der Waals surface area contributed by atoms with Crippen LogP contribution in [-0.4, -0.2) is 25.5 Å². The molecule has 1 aliphatic rings. The normalized spacial score (nSPS) is 30.1. The molecule has 0 saturated carbocycles. The fourth-order valence-electron chi connectivity index (χ4n) is 1.06. The minimum Gasteiger partial charge on any atom is -0.316 e. The average molecular weight is 131 g/mol. The van der Waals surface area contributed by atoms with Gasteiger partial charge in [0.15, 0.2) is 12.5 Å². The van der Waals surface area contributed by atoms with Crippen LogP contribution in [0.15, 0.2) is 0 Å². The van der Waals surface area contributed by atoms with Crippen LogP contribution in [0, 0.1) is 5.92 Å². The summed E-state index contributed by atoms with van der Waals surface area (Å²) >= 11 is 0. The monoisotopic (exact) mass is 131 g/mol. The highest BCUT2D eigenvalue weighted by Crippen LogP contribution is 2.13. The Morgan fingerprint density at radius 2 is 2.56 bits per heavy atom. The molecule has 0 aliphatic carbocycles. The first kappa shape index (κ1) is 6.68. The van der Waals surface area contributed by atoms with Gasteiger partial charge in [-0.2, -0.15) is 0 Å². The van der Waals surface area contributed by atoms with E-state index in [9.17, 15) is 9.18 Å². The lowest BCUT2D eigenvalue weighted by Gasteiger charge is -2.05. The van der Waals surface area contributed by atoms with Gasteiger partial charge in [-0.15, -0.1) is 0 Å². The quantitative estimate of drug-likeness (QED) is 0.540. The molecule has 52 valence electrons. The van der Waals surface area contributed by atoms with Crippen LogP contribution in [-0.2, 0) is 4.79 Å². The second-order valence-electron chi connectivity index (χ2n) is 2.33. The molecule has 0 aromatic carbocycles. The summed E-state index contributed by atoms with van der Waals surface area (Å²) in [6.45, 7) is 1.50. The molecular weight excluding hydrogens is 121 g/mol. The van der Waals surface area contributed by atoms with Gasteiger partial charge in [-0.3, -0.25) is 0 Å². The molecule has 3 heteroatoms. The van der Waals surface area contributed by atoms with Gasteiger partial charge in [0.05, 0.1) is 0 Å². The Balaban J connectivity index is 2.32. The lowest BCUT2D eigenvalue weighted by atomic mass is 10.0. The van der Waals surface area contributed by atoms with Crippen molar-refractivity contribution in [3.63, 3.8) is 0 Å². The summed E-state index contributed by atoms with van der Waals surface area (Å²) in [5, 5.41) is 2.99. The molecule has 0 aromatic rings. The number of hydrogen-bond acceptors (Lipinski definition) is 2. The SMILES string of the molecule is O=CC(F)C1CCNC1. The van der Waals surface area contributed by atoms with Crippen molar-refractivity contribution in [2.45, 2.75) is 12.6 Å². The number of hydrogen-bond donors (Lipinski definition) is 1. The van der Waals surface area contributed by atoms with E-state index in [1.807, 2.05) is 0 Å². The molecule has 1 fully saturated rings. The van der Waals surface area contributed by atoms with Gasteiger partial charge in [0.1, 0.15) is 0 Å². The topological polar surface area (TPSA) is 29.1 Å². The molecule has 2 unspecified atom stereocenters. The van der Waals surface area contributed by atoms with Crippen LogP contribution < -0.4 is 5.32 Å². The maximum atomic E-state index is 12.4. The summed E-state index contributed by atoms with van der Waals surface area (Å²) in [7, 11) is 0. The Hall–Kier alpha value is -0.440. The predicted octanol–water partition coefficient (Wildman–Crippen LogP) is 0.133. The van der Waals surface area contributed by atoms with Gasteiger partial charge < -0.3 is 10.1 Å². The third-order valence-electron chi connectivity index (χ3n) is 1.68. The Kier molecular flexibility index (Phi) is 2.16. The molecule has 1 aliphatic heterocycles. The van der Waals surface area contributed by atoms with Crippen LogP contribution >= 0.6 is 0 Å². The van der Waals surface area contributed by atoms with Crippen LogP contribution in [0.4, 0.5) is 4.39 Å². The first-order valence-electron chi connectivity index (χ1n) is 3.14. The van der Waals surface area contributed by atoms with Gasteiger partial charge in [0, 0.05) is 12.5 Å². The molecule has 0 aromatic heterocycles. The zero-order valence-electron chi connectivity index (χ0n) is 5.14. The summed E-state index contributed by atoms with van der Waals surface area (Å²) < 4.78 is 12.4. The first-order valence-corrected chi connectivity index (χ1v) is 3.14. The van der Waals surface area contributed by atoms with Crippen molar-refractivity contribution in [2.75, 3.05) is 13.1 Å². The molecule has 1 heterocycles. The van der Waals surface area contributed by atoms with E-state index in [2.05, 4.69) is 5.32 Å². The summed E-state index contributed by atoms with van der Waals surface area (Å²) in [4.78, 5) is 9.89. The van der Waals surface area contributed by atoms with E-state index in [1.165, 1.54) is 0 Å². The van der Waals surface area contributed by atoms with E-state index < -0.39 is 6.17 Å². The molecule has 1 saturated heterocycles.